The highest BCUT2D eigenvalue weighted by atomic mass is 15.1. The summed E-state index contributed by atoms with van der Waals surface area (Å²) >= 11 is 0. The topological polar surface area (TPSA) is 43.6 Å². The predicted octanol–water partition coefficient (Wildman–Crippen LogP) is 11.3. The summed E-state index contributed by atoms with van der Waals surface area (Å²) in [7, 11) is 0. The van der Waals surface area contributed by atoms with E-state index in [0.717, 1.165) is 72.8 Å². The molecule has 0 N–H and O–H groups in total. The highest BCUT2D eigenvalue weighted by Gasteiger charge is 2.16. The molecule has 9 rings (SSSR count). The van der Waals surface area contributed by atoms with Crippen molar-refractivity contribution in [3.8, 4) is 61.8 Å². The Morgan fingerprint density at radius 2 is 0.755 bits per heavy atom. The second-order valence-corrected chi connectivity index (χ2v) is 12.1. The zero-order chi connectivity index (χ0) is 32.6. The van der Waals surface area contributed by atoms with Gasteiger partial charge < -0.3 is 0 Å². The van der Waals surface area contributed by atoms with Gasteiger partial charge in [-0.2, -0.15) is 0 Å². The smallest absolute Gasteiger partial charge is 0.145 e. The molecule has 2 heterocycles. The number of para-hydroxylation sites is 4. The highest BCUT2D eigenvalue weighted by Crippen LogP contribution is 2.34. The van der Waals surface area contributed by atoms with E-state index in [1.807, 2.05) is 54.6 Å². The summed E-state index contributed by atoms with van der Waals surface area (Å²) in [6.45, 7) is 0. The lowest BCUT2D eigenvalue weighted by Crippen LogP contribution is -1.98. The molecule has 0 saturated heterocycles. The zero-order valence-electron chi connectivity index (χ0n) is 26.6. The first kappa shape index (κ1) is 28.6. The van der Waals surface area contributed by atoms with Crippen LogP contribution in [0.5, 0.6) is 0 Å². The first-order chi connectivity index (χ1) is 24.3. The normalized spacial score (nSPS) is 11.3. The van der Waals surface area contributed by atoms with E-state index >= 15 is 0 Å². The van der Waals surface area contributed by atoms with Gasteiger partial charge in [-0.3, -0.25) is 4.57 Å². The molecule has 0 radical (unpaired) electrons. The van der Waals surface area contributed by atoms with Crippen LogP contribution >= 0.6 is 0 Å². The van der Waals surface area contributed by atoms with Gasteiger partial charge in [-0.1, -0.05) is 146 Å². The van der Waals surface area contributed by atoms with Gasteiger partial charge in [0, 0.05) is 22.4 Å². The molecule has 0 atom stereocenters. The second-order valence-electron chi connectivity index (χ2n) is 12.1. The van der Waals surface area contributed by atoms with Crippen LogP contribution in [-0.2, 0) is 0 Å². The quantitative estimate of drug-likeness (QED) is 0.184. The summed E-state index contributed by atoms with van der Waals surface area (Å²) in [6, 6.07) is 63.2. The number of rotatable bonds is 6. The number of hydrogen-bond acceptors (Lipinski definition) is 3. The maximum atomic E-state index is 5.11. The molecule has 7 aromatic carbocycles. The van der Waals surface area contributed by atoms with E-state index in [-0.39, 0.29) is 0 Å². The van der Waals surface area contributed by atoms with Gasteiger partial charge >= 0.3 is 0 Å². The molecule has 0 unspecified atom stereocenters. The fraction of sp³-hybridized carbons (Fsp3) is 0. The van der Waals surface area contributed by atoms with E-state index in [1.165, 1.54) is 11.1 Å². The average Bonchev–Trinajstić information content (AvgIpc) is 3.58. The van der Waals surface area contributed by atoms with Crippen LogP contribution in [0.25, 0.3) is 83.9 Å². The van der Waals surface area contributed by atoms with Crippen molar-refractivity contribution in [3.63, 3.8) is 0 Å². The maximum Gasteiger partial charge on any atom is 0.145 e. The Hall–Kier alpha value is -6.65. The largest absolute Gasteiger partial charge is 0.292 e. The number of aromatic nitrogens is 4. The number of nitrogens with zero attached hydrogens (tertiary/aromatic N) is 4. The molecule has 2 aromatic heterocycles. The Balaban J connectivity index is 1.07. The maximum absolute atomic E-state index is 5.11. The third-order valence-electron chi connectivity index (χ3n) is 9.02. The van der Waals surface area contributed by atoms with Crippen LogP contribution in [0.15, 0.2) is 182 Å². The molecule has 0 aliphatic rings. The molecule has 0 aliphatic carbocycles. The molecule has 0 spiro atoms. The van der Waals surface area contributed by atoms with Gasteiger partial charge in [-0.25, -0.2) is 15.0 Å². The summed E-state index contributed by atoms with van der Waals surface area (Å²) in [4.78, 5) is 15.2. The third kappa shape index (κ3) is 5.35. The van der Waals surface area contributed by atoms with Crippen LogP contribution in [0.3, 0.4) is 0 Å². The fourth-order valence-corrected chi connectivity index (χ4v) is 6.57. The predicted molar refractivity (Wildman–Crippen MR) is 201 cm³/mol. The average molecular weight is 627 g/mol. The van der Waals surface area contributed by atoms with Gasteiger partial charge in [0.25, 0.3) is 0 Å². The van der Waals surface area contributed by atoms with Crippen LogP contribution < -0.4 is 0 Å². The highest BCUT2D eigenvalue weighted by molar-refractivity contribution is 5.87. The van der Waals surface area contributed by atoms with E-state index in [4.69, 9.17) is 15.0 Å². The van der Waals surface area contributed by atoms with Crippen molar-refractivity contribution in [1.82, 2.24) is 19.5 Å². The van der Waals surface area contributed by atoms with Crippen molar-refractivity contribution in [2.24, 2.45) is 0 Å². The summed E-state index contributed by atoms with van der Waals surface area (Å²) in [5.41, 5.74) is 14.4. The van der Waals surface area contributed by atoms with E-state index in [2.05, 4.69) is 132 Å². The van der Waals surface area contributed by atoms with Crippen LogP contribution in [-0.4, -0.2) is 19.5 Å². The number of fused-ring (bicyclic) bond motifs is 2. The fourth-order valence-electron chi connectivity index (χ4n) is 6.57. The Bertz CT molecular complexity index is 2570. The van der Waals surface area contributed by atoms with Crippen LogP contribution in [0.2, 0.25) is 0 Å². The molecule has 0 fully saturated rings. The van der Waals surface area contributed by atoms with Crippen molar-refractivity contribution in [2.75, 3.05) is 0 Å². The van der Waals surface area contributed by atoms with Gasteiger partial charge in [0.2, 0.25) is 0 Å². The summed E-state index contributed by atoms with van der Waals surface area (Å²) in [5.74, 6) is 0.914. The van der Waals surface area contributed by atoms with Gasteiger partial charge in [-0.15, -0.1) is 0 Å². The van der Waals surface area contributed by atoms with Crippen molar-refractivity contribution in [3.05, 3.63) is 182 Å². The Labute approximate surface area is 284 Å². The molecular weight excluding hydrogens is 597 g/mol. The molecule has 0 bridgehead atoms. The minimum Gasteiger partial charge on any atom is -0.292 e. The Morgan fingerprint density at radius 3 is 1.39 bits per heavy atom. The first-order valence-electron chi connectivity index (χ1n) is 16.5. The van der Waals surface area contributed by atoms with Crippen molar-refractivity contribution in [1.29, 1.82) is 0 Å². The number of imidazole rings is 1. The van der Waals surface area contributed by atoms with Crippen LogP contribution in [0, 0.1) is 0 Å². The Morgan fingerprint density at radius 1 is 0.306 bits per heavy atom. The van der Waals surface area contributed by atoms with Crippen molar-refractivity contribution >= 4 is 22.1 Å². The third-order valence-corrected chi connectivity index (χ3v) is 9.02. The zero-order valence-corrected chi connectivity index (χ0v) is 26.6. The lowest BCUT2D eigenvalue weighted by Gasteiger charge is -2.13. The van der Waals surface area contributed by atoms with E-state index in [9.17, 15) is 0 Å². The van der Waals surface area contributed by atoms with Gasteiger partial charge in [-0.05, 0) is 58.7 Å². The number of benzene rings is 7. The van der Waals surface area contributed by atoms with E-state index in [0.29, 0.717) is 0 Å². The van der Waals surface area contributed by atoms with Gasteiger partial charge in [0.05, 0.1) is 33.5 Å². The molecule has 49 heavy (non-hydrogen) atoms. The molecule has 0 aliphatic heterocycles. The molecular formula is C45H30N4. The van der Waals surface area contributed by atoms with Crippen molar-refractivity contribution < 1.29 is 0 Å². The molecule has 0 amide bonds. The van der Waals surface area contributed by atoms with E-state index in [1.54, 1.807) is 0 Å². The minimum absolute atomic E-state index is 0.877. The van der Waals surface area contributed by atoms with Gasteiger partial charge in [0.15, 0.2) is 0 Å². The molecule has 4 nitrogen and oxygen atoms in total. The SMILES string of the molecule is c1ccc(-c2cccc(-n3c(-c4ccc(-c5ccc(-c6nc7ccccc7nc6-c6ccccc6)cc5)cc4)nc4ccccc43)c2)cc1. The minimum atomic E-state index is 0.877. The lowest BCUT2D eigenvalue weighted by molar-refractivity contribution is 1.10. The monoisotopic (exact) mass is 626 g/mol. The summed E-state index contributed by atoms with van der Waals surface area (Å²) in [5, 5.41) is 0. The lowest BCUT2D eigenvalue weighted by atomic mass is 9.99. The van der Waals surface area contributed by atoms with E-state index < -0.39 is 0 Å². The summed E-state index contributed by atoms with van der Waals surface area (Å²) in [6.07, 6.45) is 0. The number of hydrogen-bond donors (Lipinski definition) is 0. The Kier molecular flexibility index (Phi) is 7.10. The molecule has 230 valence electrons. The summed E-state index contributed by atoms with van der Waals surface area (Å²) < 4.78 is 2.26. The first-order valence-corrected chi connectivity index (χ1v) is 16.5. The van der Waals surface area contributed by atoms with Crippen molar-refractivity contribution in [2.45, 2.75) is 0 Å². The molecule has 4 heteroatoms. The second kappa shape index (κ2) is 12.2. The van der Waals surface area contributed by atoms with Gasteiger partial charge in [0.1, 0.15) is 5.82 Å². The molecule has 9 aromatic rings. The molecule has 0 saturated carbocycles. The van der Waals surface area contributed by atoms with Crippen LogP contribution in [0.1, 0.15) is 0 Å². The standard InChI is InChI=1S/C45H30N4/c1-3-12-31(13-4-1)37-16-11-17-38(30-37)49-42-21-10-9-20-41(42)48-45(49)36-28-24-33(25-29-36)32-22-26-35(27-23-32)44-43(34-14-5-2-6-15-34)46-39-18-7-8-19-40(39)47-44/h1-30H. The van der Waals surface area contributed by atoms with Crippen LogP contribution in [0.4, 0.5) is 0 Å².